The predicted molar refractivity (Wildman–Crippen MR) is 86.5 cm³/mol. The minimum Gasteiger partial charge on any atom is -0.399 e. The number of hydrogen-bond acceptors (Lipinski definition) is 1. The maximum atomic E-state index is 5.84. The second-order valence-electron chi connectivity index (χ2n) is 4.85. The van der Waals surface area contributed by atoms with Gasteiger partial charge in [-0.2, -0.15) is 0 Å². The molecule has 0 aliphatic heterocycles. The Morgan fingerprint density at radius 3 is 2.00 bits per heavy atom. The van der Waals surface area contributed by atoms with Gasteiger partial charge in [-0.15, -0.1) is 0 Å². The normalized spacial score (nSPS) is 10.0. The van der Waals surface area contributed by atoms with Crippen LogP contribution < -0.4 is 5.73 Å². The molecule has 2 rings (SSSR count). The quantitative estimate of drug-likeness (QED) is 0.715. The Bertz CT molecular complexity index is 510. The van der Waals surface area contributed by atoms with Gasteiger partial charge in [-0.1, -0.05) is 58.0 Å². The van der Waals surface area contributed by atoms with E-state index in [4.69, 9.17) is 5.73 Å². The largest absolute Gasteiger partial charge is 0.399 e. The molecule has 0 aromatic heterocycles. The zero-order valence-electron chi connectivity index (χ0n) is 12.7. The van der Waals surface area contributed by atoms with Crippen molar-refractivity contribution in [1.82, 2.24) is 0 Å². The van der Waals surface area contributed by atoms with Crippen molar-refractivity contribution in [3.8, 4) is 11.1 Å². The lowest BCUT2D eigenvalue weighted by Crippen LogP contribution is -1.90. The number of nitrogens with two attached hydrogens (primary N) is 1. The van der Waals surface area contributed by atoms with E-state index >= 15 is 0 Å². The number of aryl methyl sites for hydroxylation is 1. The van der Waals surface area contributed by atoms with Crippen LogP contribution in [-0.4, -0.2) is 0 Å². The monoisotopic (exact) mass is 255 g/mol. The topological polar surface area (TPSA) is 26.0 Å². The van der Waals surface area contributed by atoms with Gasteiger partial charge in [0.2, 0.25) is 0 Å². The second kappa shape index (κ2) is 6.98. The molecule has 1 nitrogen and oxygen atoms in total. The Balaban J connectivity index is 0.000000861. The van der Waals surface area contributed by atoms with E-state index in [-0.39, 0.29) is 0 Å². The second-order valence-corrected chi connectivity index (χ2v) is 4.85. The molecule has 0 fully saturated rings. The van der Waals surface area contributed by atoms with Crippen molar-refractivity contribution in [1.29, 1.82) is 0 Å². The molecule has 0 atom stereocenters. The third-order valence-electron chi connectivity index (χ3n) is 3.15. The van der Waals surface area contributed by atoms with E-state index in [0.717, 1.165) is 5.69 Å². The van der Waals surface area contributed by atoms with Crippen LogP contribution in [0.2, 0.25) is 0 Å². The van der Waals surface area contributed by atoms with E-state index in [2.05, 4.69) is 51.1 Å². The summed E-state index contributed by atoms with van der Waals surface area (Å²) in [5.74, 6) is 0.575. The van der Waals surface area contributed by atoms with E-state index in [1.54, 1.807) is 0 Å². The number of benzene rings is 2. The van der Waals surface area contributed by atoms with Crippen LogP contribution in [0, 0.1) is 6.92 Å². The number of anilines is 1. The molecule has 0 spiro atoms. The molecule has 0 aliphatic carbocycles. The van der Waals surface area contributed by atoms with E-state index in [1.807, 2.05) is 26.0 Å². The average Bonchev–Trinajstić information content (AvgIpc) is 2.44. The van der Waals surface area contributed by atoms with E-state index in [0.29, 0.717) is 5.92 Å². The molecular weight excluding hydrogens is 230 g/mol. The Hall–Kier alpha value is -1.76. The fourth-order valence-electron chi connectivity index (χ4n) is 2.00. The molecular formula is C18H25N. The fraction of sp³-hybridized carbons (Fsp3) is 0.333. The van der Waals surface area contributed by atoms with Crippen molar-refractivity contribution in [2.45, 2.75) is 40.5 Å². The fourth-order valence-corrected chi connectivity index (χ4v) is 2.00. The van der Waals surface area contributed by atoms with Crippen LogP contribution in [0.1, 0.15) is 44.7 Å². The summed E-state index contributed by atoms with van der Waals surface area (Å²) in [5.41, 5.74) is 11.8. The van der Waals surface area contributed by atoms with Gasteiger partial charge >= 0.3 is 0 Å². The first-order valence-electron chi connectivity index (χ1n) is 7.04. The third-order valence-corrected chi connectivity index (χ3v) is 3.15. The zero-order chi connectivity index (χ0) is 14.4. The average molecular weight is 255 g/mol. The van der Waals surface area contributed by atoms with Gasteiger partial charge in [0, 0.05) is 5.69 Å². The summed E-state index contributed by atoms with van der Waals surface area (Å²) >= 11 is 0. The van der Waals surface area contributed by atoms with Crippen LogP contribution in [0.3, 0.4) is 0 Å². The van der Waals surface area contributed by atoms with Gasteiger partial charge in [0.25, 0.3) is 0 Å². The van der Waals surface area contributed by atoms with Gasteiger partial charge in [-0.25, -0.2) is 0 Å². The summed E-state index contributed by atoms with van der Waals surface area (Å²) in [6.45, 7) is 10.5. The maximum absolute atomic E-state index is 5.84. The lowest BCUT2D eigenvalue weighted by Gasteiger charge is -2.10. The van der Waals surface area contributed by atoms with Crippen LogP contribution in [0.4, 0.5) is 5.69 Å². The smallest absolute Gasteiger partial charge is 0.0320 e. The predicted octanol–water partition coefficient (Wildman–Crippen LogP) is 5.39. The number of nitrogen functional groups attached to an aromatic ring is 1. The molecule has 1 heteroatoms. The highest BCUT2D eigenvalue weighted by molar-refractivity contribution is 5.71. The van der Waals surface area contributed by atoms with E-state index in [9.17, 15) is 0 Å². The SMILES string of the molecule is CC.Cc1ccc(N)cc1-c1ccc(C(C)C)cc1. The van der Waals surface area contributed by atoms with Gasteiger partial charge in [0.05, 0.1) is 0 Å². The minimum absolute atomic E-state index is 0.575. The number of rotatable bonds is 2. The Kier molecular flexibility index (Phi) is 5.62. The summed E-state index contributed by atoms with van der Waals surface area (Å²) in [5, 5.41) is 0. The molecule has 0 radical (unpaired) electrons. The van der Waals surface area contributed by atoms with Crippen molar-refractivity contribution in [2.24, 2.45) is 0 Å². The van der Waals surface area contributed by atoms with Gasteiger partial charge in [-0.3, -0.25) is 0 Å². The lowest BCUT2D eigenvalue weighted by atomic mass is 9.96. The van der Waals surface area contributed by atoms with Gasteiger partial charge in [-0.05, 0) is 47.2 Å². The summed E-state index contributed by atoms with van der Waals surface area (Å²) in [4.78, 5) is 0. The van der Waals surface area contributed by atoms with Gasteiger partial charge in [0.15, 0.2) is 0 Å². The summed E-state index contributed by atoms with van der Waals surface area (Å²) < 4.78 is 0. The lowest BCUT2D eigenvalue weighted by molar-refractivity contribution is 0.867. The highest BCUT2D eigenvalue weighted by atomic mass is 14.5. The molecule has 0 amide bonds. The summed E-state index contributed by atoms with van der Waals surface area (Å²) in [7, 11) is 0. The third kappa shape index (κ3) is 3.85. The van der Waals surface area contributed by atoms with Crippen molar-refractivity contribution < 1.29 is 0 Å². The standard InChI is InChI=1S/C16H19N.C2H6/c1-11(2)13-5-7-14(8-6-13)16-10-15(17)9-4-12(16)3;1-2/h4-11H,17H2,1-3H3;1-2H3. The maximum Gasteiger partial charge on any atom is 0.0320 e. The van der Waals surface area contributed by atoms with Crippen LogP contribution in [0.25, 0.3) is 11.1 Å². The van der Waals surface area contributed by atoms with Crippen LogP contribution >= 0.6 is 0 Å². The van der Waals surface area contributed by atoms with Crippen LogP contribution in [0.5, 0.6) is 0 Å². The highest BCUT2D eigenvalue weighted by Crippen LogP contribution is 2.27. The molecule has 102 valence electrons. The van der Waals surface area contributed by atoms with Crippen molar-refractivity contribution in [3.05, 3.63) is 53.6 Å². The molecule has 2 aromatic carbocycles. The van der Waals surface area contributed by atoms with Crippen molar-refractivity contribution in [3.63, 3.8) is 0 Å². The summed E-state index contributed by atoms with van der Waals surface area (Å²) in [6.07, 6.45) is 0. The zero-order valence-corrected chi connectivity index (χ0v) is 12.7. The molecule has 0 heterocycles. The first-order chi connectivity index (χ1) is 9.08. The van der Waals surface area contributed by atoms with E-state index in [1.165, 1.54) is 22.3 Å². The first-order valence-corrected chi connectivity index (χ1v) is 7.04. The Morgan fingerprint density at radius 1 is 0.895 bits per heavy atom. The molecule has 2 aromatic rings. The van der Waals surface area contributed by atoms with Crippen molar-refractivity contribution in [2.75, 3.05) is 5.73 Å². The van der Waals surface area contributed by atoms with Crippen LogP contribution in [-0.2, 0) is 0 Å². The van der Waals surface area contributed by atoms with E-state index < -0.39 is 0 Å². The van der Waals surface area contributed by atoms with Gasteiger partial charge in [0.1, 0.15) is 0 Å². The minimum atomic E-state index is 0.575. The Labute approximate surface area is 117 Å². The van der Waals surface area contributed by atoms with Crippen LogP contribution in [0.15, 0.2) is 42.5 Å². The molecule has 0 unspecified atom stereocenters. The van der Waals surface area contributed by atoms with Gasteiger partial charge < -0.3 is 5.73 Å². The first kappa shape index (κ1) is 15.3. The summed E-state index contributed by atoms with van der Waals surface area (Å²) in [6, 6.07) is 14.8. The molecule has 0 saturated heterocycles. The molecule has 0 bridgehead atoms. The highest BCUT2D eigenvalue weighted by Gasteiger charge is 2.04. The molecule has 19 heavy (non-hydrogen) atoms. The van der Waals surface area contributed by atoms with Crippen molar-refractivity contribution >= 4 is 5.69 Å². The molecule has 0 saturated carbocycles. The Morgan fingerprint density at radius 2 is 1.47 bits per heavy atom. The molecule has 0 aliphatic rings. The molecule has 2 N–H and O–H groups in total. The number of hydrogen-bond donors (Lipinski definition) is 1.